The van der Waals surface area contributed by atoms with Gasteiger partial charge >= 0.3 is 0 Å². The Kier molecular flexibility index (Phi) is 31.1. The molecule has 1 amide bonds. The van der Waals surface area contributed by atoms with Crippen molar-refractivity contribution in [2.24, 2.45) is 0 Å². The lowest BCUT2D eigenvalue weighted by Gasteiger charge is -2.40. The second-order valence-electron chi connectivity index (χ2n) is 14.8. The van der Waals surface area contributed by atoms with Crippen LogP contribution in [0.2, 0.25) is 0 Å². The summed E-state index contributed by atoms with van der Waals surface area (Å²) < 4.78 is 11.2. The molecule has 0 bridgehead atoms. The topological polar surface area (TPSA) is 149 Å². The van der Waals surface area contributed by atoms with Gasteiger partial charge in [-0.1, -0.05) is 154 Å². The number of aliphatic hydroxyl groups is 5. The molecule has 2 unspecified atom stereocenters. The highest BCUT2D eigenvalue weighted by Crippen LogP contribution is 2.22. The predicted octanol–water partition coefficient (Wildman–Crippen LogP) is 7.94. The lowest BCUT2D eigenvalue weighted by molar-refractivity contribution is -0.302. The van der Waals surface area contributed by atoms with Gasteiger partial charge in [-0.15, -0.1) is 0 Å². The first-order chi connectivity index (χ1) is 24.8. The van der Waals surface area contributed by atoms with E-state index < -0.39 is 49.5 Å². The van der Waals surface area contributed by atoms with Gasteiger partial charge in [0.1, 0.15) is 24.4 Å². The molecule has 1 rings (SSSR count). The number of hydrogen-bond donors (Lipinski definition) is 6. The van der Waals surface area contributed by atoms with E-state index >= 15 is 0 Å². The number of ether oxygens (including phenoxy) is 2. The van der Waals surface area contributed by atoms with E-state index in [4.69, 9.17) is 9.47 Å². The maximum Gasteiger partial charge on any atom is 0.220 e. The number of amides is 1. The molecule has 0 spiro atoms. The van der Waals surface area contributed by atoms with Crippen molar-refractivity contribution < 1.29 is 39.8 Å². The number of allylic oxidation sites excluding steroid dienone is 3. The molecule has 51 heavy (non-hydrogen) atoms. The van der Waals surface area contributed by atoms with Crippen LogP contribution in [0.25, 0.3) is 0 Å². The second-order valence-corrected chi connectivity index (χ2v) is 14.8. The maximum atomic E-state index is 12.9. The van der Waals surface area contributed by atoms with Crippen LogP contribution >= 0.6 is 0 Å². The third kappa shape index (κ3) is 24.6. The zero-order chi connectivity index (χ0) is 37.4. The van der Waals surface area contributed by atoms with Crippen molar-refractivity contribution in [1.82, 2.24) is 5.32 Å². The highest BCUT2D eigenvalue weighted by atomic mass is 16.7. The monoisotopic (exact) mass is 726 g/mol. The van der Waals surface area contributed by atoms with Crippen molar-refractivity contribution in [3.63, 3.8) is 0 Å². The van der Waals surface area contributed by atoms with E-state index in [1.54, 1.807) is 6.08 Å². The summed E-state index contributed by atoms with van der Waals surface area (Å²) in [6.45, 7) is 3.74. The lowest BCUT2D eigenvalue weighted by Crippen LogP contribution is -2.60. The Labute approximate surface area is 311 Å². The molecule has 0 aromatic heterocycles. The van der Waals surface area contributed by atoms with Crippen LogP contribution in [0.1, 0.15) is 181 Å². The fraction of sp³-hybridized carbons (Fsp3) is 0.881. The molecule has 0 aromatic rings. The first-order valence-corrected chi connectivity index (χ1v) is 21.1. The van der Waals surface area contributed by atoms with Gasteiger partial charge in [-0.3, -0.25) is 4.79 Å². The molecular weight excluding hydrogens is 646 g/mol. The van der Waals surface area contributed by atoms with Crippen LogP contribution < -0.4 is 5.32 Å². The van der Waals surface area contributed by atoms with Crippen molar-refractivity contribution in [3.8, 4) is 0 Å². The SMILES string of the molecule is CCCCCCCC/C=C\CCCCCCCC(=O)NC(CO[C@@H]1O[C@H](CO)[C@H](O)[C@H](O)[C@H]1O)C(O)/C=C/CCCCCCCCCCCCC. The van der Waals surface area contributed by atoms with Crippen molar-refractivity contribution in [1.29, 1.82) is 0 Å². The first kappa shape index (κ1) is 47.7. The van der Waals surface area contributed by atoms with Crippen LogP contribution in [0.3, 0.4) is 0 Å². The van der Waals surface area contributed by atoms with E-state index in [0.29, 0.717) is 6.42 Å². The smallest absolute Gasteiger partial charge is 0.220 e. The van der Waals surface area contributed by atoms with Crippen molar-refractivity contribution in [3.05, 3.63) is 24.3 Å². The van der Waals surface area contributed by atoms with Crippen molar-refractivity contribution >= 4 is 5.91 Å². The minimum absolute atomic E-state index is 0.187. The molecule has 1 aliphatic rings. The average Bonchev–Trinajstić information content (AvgIpc) is 3.13. The number of carbonyl (C=O) groups is 1. The fourth-order valence-corrected chi connectivity index (χ4v) is 6.56. The van der Waals surface area contributed by atoms with Gasteiger partial charge in [0.05, 0.1) is 25.4 Å². The Hall–Kier alpha value is -1.33. The van der Waals surface area contributed by atoms with Crippen molar-refractivity contribution in [2.45, 2.75) is 224 Å². The number of hydrogen-bond acceptors (Lipinski definition) is 8. The van der Waals surface area contributed by atoms with Crippen LogP contribution in [0.4, 0.5) is 0 Å². The largest absolute Gasteiger partial charge is 0.394 e. The summed E-state index contributed by atoms with van der Waals surface area (Å²) >= 11 is 0. The number of unbranched alkanes of at least 4 members (excludes halogenated alkanes) is 22. The maximum absolute atomic E-state index is 12.9. The standard InChI is InChI=1S/C42H79NO8/c1-3-5-7-9-11-13-15-17-18-20-22-24-26-28-30-32-38(46)43-35(34-50-42-41(49)40(48)39(47)37(33-44)51-42)36(45)31-29-27-25-23-21-19-16-14-12-10-8-6-4-2/h17-18,29,31,35-37,39-42,44-45,47-49H,3-16,19-28,30,32-34H2,1-2H3,(H,43,46)/b18-17-,31-29+/t35?,36?,37-,39+,40+,41-,42-/m1/s1. The zero-order valence-electron chi connectivity index (χ0n) is 32.6. The van der Waals surface area contributed by atoms with Gasteiger partial charge in [-0.25, -0.2) is 0 Å². The van der Waals surface area contributed by atoms with E-state index in [2.05, 4.69) is 31.3 Å². The molecular formula is C42H79NO8. The van der Waals surface area contributed by atoms with Gasteiger partial charge in [-0.2, -0.15) is 0 Å². The summed E-state index contributed by atoms with van der Waals surface area (Å²) in [6, 6.07) is -0.804. The molecule has 0 aromatic carbocycles. The quantitative estimate of drug-likeness (QED) is 0.0289. The molecule has 300 valence electrons. The third-order valence-corrected chi connectivity index (χ3v) is 10.0. The predicted molar refractivity (Wildman–Crippen MR) is 207 cm³/mol. The highest BCUT2D eigenvalue weighted by Gasteiger charge is 2.44. The van der Waals surface area contributed by atoms with Crippen LogP contribution in [0.5, 0.6) is 0 Å². The summed E-state index contributed by atoms with van der Waals surface area (Å²) in [6.07, 6.45) is 30.7. The Morgan fingerprint density at radius 3 is 1.59 bits per heavy atom. The van der Waals surface area contributed by atoms with E-state index in [9.17, 15) is 30.3 Å². The van der Waals surface area contributed by atoms with Crippen LogP contribution in [0, 0.1) is 0 Å². The molecule has 0 saturated carbocycles. The van der Waals surface area contributed by atoms with Gasteiger partial charge in [-0.05, 0) is 44.9 Å². The number of rotatable bonds is 34. The number of aliphatic hydroxyl groups excluding tert-OH is 5. The second kappa shape index (κ2) is 33.3. The highest BCUT2D eigenvalue weighted by molar-refractivity contribution is 5.76. The van der Waals surface area contributed by atoms with Gasteiger partial charge in [0.15, 0.2) is 6.29 Å². The van der Waals surface area contributed by atoms with Crippen LogP contribution in [-0.2, 0) is 14.3 Å². The summed E-state index contributed by atoms with van der Waals surface area (Å²) in [4.78, 5) is 12.9. The van der Waals surface area contributed by atoms with Gasteiger partial charge in [0.2, 0.25) is 5.91 Å². The Balaban J connectivity index is 2.42. The molecule has 1 fully saturated rings. The minimum atomic E-state index is -1.56. The Morgan fingerprint density at radius 1 is 0.647 bits per heavy atom. The van der Waals surface area contributed by atoms with E-state index in [0.717, 1.165) is 57.8 Å². The van der Waals surface area contributed by atoms with Gasteiger partial charge in [0.25, 0.3) is 0 Å². The first-order valence-electron chi connectivity index (χ1n) is 21.1. The molecule has 1 saturated heterocycles. The number of carbonyl (C=O) groups excluding carboxylic acids is 1. The summed E-state index contributed by atoms with van der Waals surface area (Å²) in [5.74, 6) is -0.187. The molecule has 1 aliphatic heterocycles. The number of nitrogens with one attached hydrogen (secondary N) is 1. The Morgan fingerprint density at radius 2 is 1.10 bits per heavy atom. The molecule has 6 N–H and O–H groups in total. The van der Waals surface area contributed by atoms with Gasteiger partial charge in [0, 0.05) is 6.42 Å². The summed E-state index contributed by atoms with van der Waals surface area (Å²) in [5.41, 5.74) is 0. The van der Waals surface area contributed by atoms with Crippen LogP contribution in [0.15, 0.2) is 24.3 Å². The third-order valence-electron chi connectivity index (χ3n) is 10.0. The lowest BCUT2D eigenvalue weighted by atomic mass is 9.99. The fourth-order valence-electron chi connectivity index (χ4n) is 6.56. The molecule has 0 radical (unpaired) electrons. The summed E-state index contributed by atoms with van der Waals surface area (Å²) in [7, 11) is 0. The zero-order valence-corrected chi connectivity index (χ0v) is 32.6. The van der Waals surface area contributed by atoms with E-state index in [1.807, 2.05) is 6.08 Å². The van der Waals surface area contributed by atoms with E-state index in [-0.39, 0.29) is 12.5 Å². The Bertz CT molecular complexity index is 853. The molecule has 1 heterocycles. The molecule has 9 heteroatoms. The molecule has 9 nitrogen and oxygen atoms in total. The molecule has 0 aliphatic carbocycles. The molecule has 7 atom stereocenters. The van der Waals surface area contributed by atoms with E-state index in [1.165, 1.54) is 103 Å². The van der Waals surface area contributed by atoms with Crippen LogP contribution in [-0.4, -0.2) is 87.5 Å². The van der Waals surface area contributed by atoms with Gasteiger partial charge < -0.3 is 40.3 Å². The van der Waals surface area contributed by atoms with Crippen molar-refractivity contribution in [2.75, 3.05) is 13.2 Å². The summed E-state index contributed by atoms with van der Waals surface area (Å²) in [5, 5.41) is 54.0. The minimum Gasteiger partial charge on any atom is -0.394 e. The average molecular weight is 726 g/mol. The normalized spacial score (nSPS) is 22.2.